The number of aromatic amines is 1. The van der Waals surface area contributed by atoms with Gasteiger partial charge in [-0.15, -0.1) is 10.2 Å². The molecule has 0 fully saturated rings. The lowest BCUT2D eigenvalue weighted by molar-refractivity contribution is -0.141. The fraction of sp³-hybridized carbons (Fsp3) is 0.143. The van der Waals surface area contributed by atoms with Gasteiger partial charge in [0, 0.05) is 13.0 Å². The van der Waals surface area contributed by atoms with E-state index in [1.165, 1.54) is 11.9 Å². The maximum absolute atomic E-state index is 14.2. The number of aryl methyl sites for hydroxylation is 1. The molecule has 1 N–H and O–H groups in total. The Bertz CT molecular complexity index is 1090. The molecule has 1 aromatic carbocycles. The summed E-state index contributed by atoms with van der Waals surface area (Å²) in [6.07, 6.45) is -4.94. The van der Waals surface area contributed by atoms with Gasteiger partial charge in [0.1, 0.15) is 11.5 Å². The average Bonchev–Trinajstić information content (AvgIpc) is 2.93. The molecule has 0 atom stereocenters. The summed E-state index contributed by atoms with van der Waals surface area (Å²) in [4.78, 5) is 25.4. The van der Waals surface area contributed by atoms with Gasteiger partial charge < -0.3 is 9.40 Å². The Morgan fingerprint density at radius 1 is 1.19 bits per heavy atom. The van der Waals surface area contributed by atoms with Gasteiger partial charge in [-0.05, 0) is 12.1 Å². The van der Waals surface area contributed by atoms with Gasteiger partial charge in [-0.2, -0.15) is 13.2 Å². The minimum absolute atomic E-state index is 0.00476. The van der Waals surface area contributed by atoms with Gasteiger partial charge in [-0.1, -0.05) is 11.6 Å². The highest BCUT2D eigenvalue weighted by Crippen LogP contribution is 2.31. The third-order valence-corrected chi connectivity index (χ3v) is 3.58. The highest BCUT2D eigenvalue weighted by Gasteiger charge is 2.33. The normalized spacial score (nSPS) is 11.8. The van der Waals surface area contributed by atoms with E-state index in [-0.39, 0.29) is 33.0 Å². The van der Waals surface area contributed by atoms with Crippen LogP contribution < -0.4 is 11.2 Å². The van der Waals surface area contributed by atoms with E-state index < -0.39 is 34.6 Å². The molecule has 0 spiro atoms. The van der Waals surface area contributed by atoms with E-state index in [1.54, 1.807) is 0 Å². The van der Waals surface area contributed by atoms with Crippen LogP contribution in [0.5, 0.6) is 0 Å². The molecule has 0 saturated heterocycles. The van der Waals surface area contributed by atoms with Crippen LogP contribution in [0, 0.1) is 12.7 Å². The Hall–Kier alpha value is -2.95. The maximum atomic E-state index is 14.2. The molecule has 0 amide bonds. The monoisotopic (exact) mass is 390 g/mol. The zero-order valence-corrected chi connectivity index (χ0v) is 13.4. The summed E-state index contributed by atoms with van der Waals surface area (Å²) in [6, 6.07) is 1.87. The number of rotatable bonds is 2. The molecule has 0 radical (unpaired) electrons. The maximum Gasteiger partial charge on any atom is 0.431 e. The Kier molecular flexibility index (Phi) is 4.18. The first-order valence-electron chi connectivity index (χ1n) is 6.81. The first kappa shape index (κ1) is 17.9. The van der Waals surface area contributed by atoms with Crippen LogP contribution in [-0.2, 0) is 6.18 Å². The largest absolute Gasteiger partial charge is 0.431 e. The molecule has 0 aliphatic carbocycles. The molecule has 2 heterocycles. The summed E-state index contributed by atoms with van der Waals surface area (Å²) in [5.74, 6) is -1.06. The Morgan fingerprint density at radius 3 is 2.42 bits per heavy atom. The summed E-state index contributed by atoms with van der Waals surface area (Å²) >= 11 is 5.91. The van der Waals surface area contributed by atoms with Gasteiger partial charge in [0.25, 0.3) is 5.56 Å². The predicted octanol–water partition coefficient (Wildman–Crippen LogP) is 2.70. The molecule has 0 saturated carbocycles. The van der Waals surface area contributed by atoms with E-state index in [0.717, 1.165) is 12.1 Å². The molecular weight excluding hydrogens is 384 g/mol. The van der Waals surface area contributed by atoms with Crippen molar-refractivity contribution in [1.29, 1.82) is 0 Å². The number of alkyl halides is 3. The smallest absolute Gasteiger partial charge is 0.421 e. The molecule has 12 heteroatoms. The van der Waals surface area contributed by atoms with Gasteiger partial charge >= 0.3 is 11.9 Å². The van der Waals surface area contributed by atoms with Crippen LogP contribution in [0.15, 0.2) is 32.2 Å². The van der Waals surface area contributed by atoms with Crippen LogP contribution >= 0.6 is 11.6 Å². The number of hydrogen-bond donors (Lipinski definition) is 1. The van der Waals surface area contributed by atoms with E-state index in [9.17, 15) is 27.2 Å². The highest BCUT2D eigenvalue weighted by molar-refractivity contribution is 6.33. The third kappa shape index (κ3) is 3.12. The molecular formula is C14H7ClF4N4O3. The third-order valence-electron chi connectivity index (χ3n) is 3.27. The standard InChI is InChI=1S/C14H7ClF4N4O3/c1-5-21-22-12(26-5)6-2-9(8(16)3-7(6)15)23-11(24)4-10(14(17,18)19)20-13(23)25/h2-4H,1H3,(H,20,25). The van der Waals surface area contributed by atoms with Crippen molar-refractivity contribution in [2.75, 3.05) is 0 Å². The molecule has 0 unspecified atom stereocenters. The second kappa shape index (κ2) is 6.09. The second-order valence-electron chi connectivity index (χ2n) is 5.07. The molecule has 0 aliphatic rings. The highest BCUT2D eigenvalue weighted by atomic mass is 35.5. The number of H-pyrrole nitrogens is 1. The zero-order chi connectivity index (χ0) is 19.2. The zero-order valence-electron chi connectivity index (χ0n) is 12.7. The SMILES string of the molecule is Cc1nnc(-c2cc(-n3c(=O)cc(C(F)(F)F)[nH]c3=O)c(F)cc2Cl)o1. The summed E-state index contributed by atoms with van der Waals surface area (Å²) in [6.45, 7) is 1.49. The molecule has 3 aromatic rings. The van der Waals surface area contributed by atoms with Crippen LogP contribution in [0.1, 0.15) is 11.6 Å². The molecule has 0 bridgehead atoms. The molecule has 136 valence electrons. The first-order valence-corrected chi connectivity index (χ1v) is 7.19. The van der Waals surface area contributed by atoms with Crippen molar-refractivity contribution in [3.05, 3.63) is 61.5 Å². The number of nitrogens with zero attached hydrogens (tertiary/aromatic N) is 3. The van der Waals surface area contributed by atoms with Gasteiger partial charge in [0.05, 0.1) is 16.3 Å². The van der Waals surface area contributed by atoms with Crippen molar-refractivity contribution in [2.45, 2.75) is 13.1 Å². The van der Waals surface area contributed by atoms with Crippen molar-refractivity contribution >= 4 is 11.6 Å². The summed E-state index contributed by atoms with van der Waals surface area (Å²) in [5.41, 5.74) is -5.03. The lowest BCUT2D eigenvalue weighted by atomic mass is 10.2. The quantitative estimate of drug-likeness (QED) is 0.679. The second-order valence-corrected chi connectivity index (χ2v) is 5.48. The van der Waals surface area contributed by atoms with Crippen LogP contribution in [0.2, 0.25) is 5.02 Å². The fourth-order valence-electron chi connectivity index (χ4n) is 2.15. The van der Waals surface area contributed by atoms with E-state index in [0.29, 0.717) is 0 Å². The van der Waals surface area contributed by atoms with E-state index in [1.807, 2.05) is 0 Å². The molecule has 0 aliphatic heterocycles. The molecule has 26 heavy (non-hydrogen) atoms. The number of aromatic nitrogens is 4. The minimum Gasteiger partial charge on any atom is -0.421 e. The Balaban J connectivity index is 2.25. The van der Waals surface area contributed by atoms with E-state index >= 15 is 0 Å². The number of benzene rings is 1. The summed E-state index contributed by atoms with van der Waals surface area (Å²) in [5, 5.41) is 7.10. The first-order chi connectivity index (χ1) is 12.1. The number of halogens is 5. The summed E-state index contributed by atoms with van der Waals surface area (Å²) < 4.78 is 57.6. The van der Waals surface area contributed by atoms with Crippen LogP contribution in [0.4, 0.5) is 17.6 Å². The molecule has 3 rings (SSSR count). The lowest BCUT2D eigenvalue weighted by Gasteiger charge is -2.11. The predicted molar refractivity (Wildman–Crippen MR) is 80.7 cm³/mol. The van der Waals surface area contributed by atoms with Gasteiger partial charge in [0.15, 0.2) is 0 Å². The lowest BCUT2D eigenvalue weighted by Crippen LogP contribution is -2.36. The molecule has 2 aromatic heterocycles. The Labute approximate surface area is 145 Å². The van der Waals surface area contributed by atoms with Gasteiger partial charge in [-0.25, -0.2) is 13.8 Å². The van der Waals surface area contributed by atoms with Crippen LogP contribution in [0.25, 0.3) is 17.1 Å². The number of hydrogen-bond acceptors (Lipinski definition) is 5. The minimum atomic E-state index is -4.94. The van der Waals surface area contributed by atoms with Gasteiger partial charge in [0.2, 0.25) is 11.8 Å². The van der Waals surface area contributed by atoms with Gasteiger partial charge in [-0.3, -0.25) is 4.79 Å². The fourth-order valence-corrected chi connectivity index (χ4v) is 2.39. The van der Waals surface area contributed by atoms with Crippen molar-refractivity contribution in [3.63, 3.8) is 0 Å². The molecule has 7 nitrogen and oxygen atoms in total. The Morgan fingerprint density at radius 2 is 1.88 bits per heavy atom. The summed E-state index contributed by atoms with van der Waals surface area (Å²) in [7, 11) is 0. The average molecular weight is 391 g/mol. The van der Waals surface area contributed by atoms with Crippen molar-refractivity contribution < 1.29 is 22.0 Å². The van der Waals surface area contributed by atoms with Crippen molar-refractivity contribution in [1.82, 2.24) is 19.7 Å². The van der Waals surface area contributed by atoms with Crippen molar-refractivity contribution in [3.8, 4) is 17.1 Å². The van der Waals surface area contributed by atoms with Crippen LogP contribution in [0.3, 0.4) is 0 Å². The topological polar surface area (TPSA) is 93.8 Å². The van der Waals surface area contributed by atoms with E-state index in [4.69, 9.17) is 16.0 Å². The van der Waals surface area contributed by atoms with Crippen LogP contribution in [-0.4, -0.2) is 19.7 Å². The van der Waals surface area contributed by atoms with Crippen molar-refractivity contribution in [2.24, 2.45) is 0 Å². The number of nitrogens with one attached hydrogen (secondary N) is 1. The van der Waals surface area contributed by atoms with E-state index in [2.05, 4.69) is 10.2 Å².